The summed E-state index contributed by atoms with van der Waals surface area (Å²) in [7, 11) is 0. The Bertz CT molecular complexity index is 1020. The van der Waals surface area contributed by atoms with Crippen LogP contribution in [0.5, 0.6) is 0 Å². The van der Waals surface area contributed by atoms with E-state index in [2.05, 4.69) is 10.3 Å². The quantitative estimate of drug-likeness (QED) is 0.522. The number of rotatable bonds is 5. The first-order chi connectivity index (χ1) is 13.2. The maximum Gasteiger partial charge on any atom is 0.417 e. The van der Waals surface area contributed by atoms with Gasteiger partial charge in [0.15, 0.2) is 0 Å². The van der Waals surface area contributed by atoms with Crippen molar-refractivity contribution in [2.45, 2.75) is 6.18 Å². The van der Waals surface area contributed by atoms with Crippen LogP contribution in [0.4, 0.5) is 18.9 Å². The summed E-state index contributed by atoms with van der Waals surface area (Å²) in [6, 6.07) is 7.27. The monoisotopic (exact) mass is 445 g/mol. The summed E-state index contributed by atoms with van der Waals surface area (Å²) in [5.41, 5.74) is 5.43. The predicted molar refractivity (Wildman–Crippen MR) is 110 cm³/mol. The average Bonchev–Trinajstić information content (AvgIpc) is 2.97. The summed E-state index contributed by atoms with van der Waals surface area (Å²) in [5, 5.41) is 2.88. The number of carbonyl (C=O) groups is 1. The van der Waals surface area contributed by atoms with Crippen molar-refractivity contribution in [2.75, 3.05) is 24.3 Å². The summed E-state index contributed by atoms with van der Waals surface area (Å²) in [6.45, 7) is 0.392. The molecule has 1 amide bonds. The number of anilines is 1. The summed E-state index contributed by atoms with van der Waals surface area (Å²) >= 11 is 8.24. The molecule has 4 nitrogen and oxygen atoms in total. The van der Waals surface area contributed by atoms with Gasteiger partial charge in [0.25, 0.3) is 5.91 Å². The van der Waals surface area contributed by atoms with E-state index in [-0.39, 0.29) is 26.5 Å². The Morgan fingerprint density at radius 2 is 2.00 bits per heavy atom. The lowest BCUT2D eigenvalue weighted by atomic mass is 10.1. The van der Waals surface area contributed by atoms with Crippen molar-refractivity contribution in [1.29, 1.82) is 0 Å². The van der Waals surface area contributed by atoms with E-state index in [9.17, 15) is 18.0 Å². The average molecular weight is 446 g/mol. The number of nitrogens with two attached hydrogens (primary N) is 1. The molecule has 0 spiro atoms. The van der Waals surface area contributed by atoms with E-state index in [0.29, 0.717) is 22.9 Å². The van der Waals surface area contributed by atoms with Crippen LogP contribution in [0.3, 0.4) is 0 Å². The highest BCUT2D eigenvalue weighted by molar-refractivity contribution is 7.98. The van der Waals surface area contributed by atoms with Gasteiger partial charge >= 0.3 is 6.18 Å². The number of pyridine rings is 1. The van der Waals surface area contributed by atoms with Gasteiger partial charge in [-0.1, -0.05) is 23.7 Å². The van der Waals surface area contributed by atoms with E-state index in [1.807, 2.05) is 6.26 Å². The number of halogens is 4. The normalized spacial score (nSPS) is 11.8. The molecule has 0 aliphatic heterocycles. The van der Waals surface area contributed by atoms with E-state index in [1.165, 1.54) is 0 Å². The Kier molecular flexibility index (Phi) is 6.07. The molecule has 3 rings (SSSR count). The number of fused-ring (bicyclic) bond motifs is 1. The van der Waals surface area contributed by atoms with Gasteiger partial charge < -0.3 is 11.1 Å². The summed E-state index contributed by atoms with van der Waals surface area (Å²) < 4.78 is 41.1. The largest absolute Gasteiger partial charge is 0.417 e. The molecule has 0 atom stereocenters. The van der Waals surface area contributed by atoms with Crippen LogP contribution in [0.25, 0.3) is 21.5 Å². The van der Waals surface area contributed by atoms with E-state index < -0.39 is 17.6 Å². The molecule has 2 heterocycles. The third-order valence-electron chi connectivity index (χ3n) is 3.94. The lowest BCUT2D eigenvalue weighted by Crippen LogP contribution is -2.25. The molecular formula is C18H15ClF3N3OS2. The Morgan fingerprint density at radius 1 is 1.32 bits per heavy atom. The standard InChI is InChI=1S/C18H15ClF3N3OS2/c1-27-7-6-24-16(26)15-14(23)13-11(18(20,21)22)8-12(25-17(13)28-15)9-2-4-10(19)5-3-9/h2-5,8H,6-7,23H2,1H3,(H,24,26). The van der Waals surface area contributed by atoms with Crippen molar-refractivity contribution in [3.63, 3.8) is 0 Å². The summed E-state index contributed by atoms with van der Waals surface area (Å²) in [6.07, 6.45) is -2.76. The van der Waals surface area contributed by atoms with Crippen LogP contribution in [-0.4, -0.2) is 29.4 Å². The second-order valence-corrected chi connectivity index (χ2v) is 8.25. The van der Waals surface area contributed by atoms with Crippen LogP contribution in [0.2, 0.25) is 5.02 Å². The molecule has 2 aromatic heterocycles. The topological polar surface area (TPSA) is 68.0 Å². The molecular weight excluding hydrogens is 431 g/mol. The van der Waals surface area contributed by atoms with Crippen molar-refractivity contribution >= 4 is 56.5 Å². The second kappa shape index (κ2) is 8.18. The molecule has 148 valence electrons. The van der Waals surface area contributed by atoms with Gasteiger partial charge in [-0.3, -0.25) is 4.79 Å². The molecule has 0 unspecified atom stereocenters. The highest BCUT2D eigenvalue weighted by atomic mass is 35.5. The van der Waals surface area contributed by atoms with Crippen LogP contribution < -0.4 is 11.1 Å². The summed E-state index contributed by atoms with van der Waals surface area (Å²) in [4.78, 5) is 16.8. The first-order valence-corrected chi connectivity index (χ1v) is 10.6. The number of nitrogens with one attached hydrogen (secondary N) is 1. The molecule has 0 aliphatic carbocycles. The van der Waals surface area contributed by atoms with Crippen LogP contribution in [0.15, 0.2) is 30.3 Å². The van der Waals surface area contributed by atoms with Crippen molar-refractivity contribution < 1.29 is 18.0 Å². The molecule has 28 heavy (non-hydrogen) atoms. The van der Waals surface area contributed by atoms with Crippen molar-refractivity contribution in [1.82, 2.24) is 10.3 Å². The molecule has 1 aromatic carbocycles. The highest BCUT2D eigenvalue weighted by Gasteiger charge is 2.36. The predicted octanol–water partition coefficient (Wildman–Crippen LogP) is 5.31. The minimum atomic E-state index is -4.65. The molecule has 3 aromatic rings. The van der Waals surface area contributed by atoms with E-state index >= 15 is 0 Å². The number of amides is 1. The maximum atomic E-state index is 13.7. The number of thioether (sulfide) groups is 1. The molecule has 10 heteroatoms. The third kappa shape index (κ3) is 4.21. The van der Waals surface area contributed by atoms with E-state index in [0.717, 1.165) is 17.4 Å². The van der Waals surface area contributed by atoms with Gasteiger partial charge in [0, 0.05) is 28.3 Å². The zero-order valence-electron chi connectivity index (χ0n) is 14.6. The Balaban J connectivity index is 2.15. The molecule has 3 N–H and O–H groups in total. The van der Waals surface area contributed by atoms with Crippen LogP contribution in [0, 0.1) is 0 Å². The molecule has 0 fully saturated rings. The lowest BCUT2D eigenvalue weighted by Gasteiger charge is -2.11. The number of hydrogen-bond acceptors (Lipinski definition) is 5. The smallest absolute Gasteiger partial charge is 0.397 e. The first-order valence-electron chi connectivity index (χ1n) is 8.05. The fraction of sp³-hybridized carbons (Fsp3) is 0.222. The van der Waals surface area contributed by atoms with Gasteiger partial charge in [0.05, 0.1) is 16.9 Å². The lowest BCUT2D eigenvalue weighted by molar-refractivity contribution is -0.136. The van der Waals surface area contributed by atoms with Crippen LogP contribution >= 0.6 is 34.7 Å². The number of aromatic nitrogens is 1. The van der Waals surface area contributed by atoms with Gasteiger partial charge in [-0.2, -0.15) is 24.9 Å². The van der Waals surface area contributed by atoms with E-state index in [1.54, 1.807) is 36.0 Å². The van der Waals surface area contributed by atoms with Gasteiger partial charge in [0.1, 0.15) is 9.71 Å². The minimum Gasteiger partial charge on any atom is -0.397 e. The number of nitrogen functional groups attached to an aromatic ring is 1. The fourth-order valence-electron chi connectivity index (χ4n) is 2.63. The Morgan fingerprint density at radius 3 is 2.61 bits per heavy atom. The van der Waals surface area contributed by atoms with Gasteiger partial charge in [0.2, 0.25) is 0 Å². The molecule has 0 radical (unpaired) electrons. The van der Waals surface area contributed by atoms with Crippen LogP contribution in [0.1, 0.15) is 15.2 Å². The van der Waals surface area contributed by atoms with Crippen molar-refractivity contribution in [3.05, 3.63) is 45.8 Å². The summed E-state index contributed by atoms with van der Waals surface area (Å²) in [5.74, 6) is 0.180. The number of thiophene rings is 1. The number of alkyl halides is 3. The molecule has 0 aliphatic rings. The Labute approximate surface area is 172 Å². The third-order valence-corrected chi connectivity index (χ3v) is 5.90. The number of nitrogens with zero attached hydrogens (tertiary/aromatic N) is 1. The molecule has 0 saturated heterocycles. The second-order valence-electron chi connectivity index (χ2n) is 5.83. The number of carbonyl (C=O) groups excluding carboxylic acids is 1. The van der Waals surface area contributed by atoms with Crippen molar-refractivity contribution in [3.8, 4) is 11.3 Å². The van der Waals surface area contributed by atoms with Gasteiger partial charge in [-0.05, 0) is 24.5 Å². The zero-order valence-corrected chi connectivity index (χ0v) is 17.0. The zero-order chi connectivity index (χ0) is 20.5. The fourth-order valence-corrected chi connectivity index (χ4v) is 4.10. The minimum absolute atomic E-state index is 0.0300. The molecule has 0 saturated carbocycles. The van der Waals surface area contributed by atoms with Crippen LogP contribution in [-0.2, 0) is 6.18 Å². The first kappa shape index (κ1) is 20.8. The SMILES string of the molecule is CSCCNC(=O)c1sc2nc(-c3ccc(Cl)cc3)cc(C(F)(F)F)c2c1N. The highest BCUT2D eigenvalue weighted by Crippen LogP contribution is 2.43. The molecule has 0 bridgehead atoms. The van der Waals surface area contributed by atoms with Gasteiger partial charge in [-0.25, -0.2) is 4.98 Å². The number of hydrogen-bond donors (Lipinski definition) is 2. The number of benzene rings is 1. The van der Waals surface area contributed by atoms with E-state index in [4.69, 9.17) is 17.3 Å². The Hall–Kier alpha value is -1.97. The maximum absolute atomic E-state index is 13.7. The van der Waals surface area contributed by atoms with Gasteiger partial charge in [-0.15, -0.1) is 11.3 Å². The van der Waals surface area contributed by atoms with Crippen molar-refractivity contribution in [2.24, 2.45) is 0 Å².